The van der Waals surface area contributed by atoms with Crippen molar-refractivity contribution in [3.63, 3.8) is 0 Å². The molecule has 0 aliphatic carbocycles. The average molecular weight is 1290 g/mol. The number of hydrogen-bond donors (Lipinski definition) is 0. The van der Waals surface area contributed by atoms with E-state index in [0.29, 0.717) is 5.82 Å². The zero-order chi connectivity index (χ0) is 71.8. The van der Waals surface area contributed by atoms with Crippen LogP contribution in [0.25, 0.3) is 0 Å². The lowest BCUT2D eigenvalue weighted by Gasteiger charge is -1.87. The third-order valence-corrected chi connectivity index (χ3v) is 9.48. The molecule has 11 aromatic heterocycles. The third kappa shape index (κ3) is 68.3. The van der Waals surface area contributed by atoms with Crippen molar-refractivity contribution in [1.82, 2.24) is 113 Å². The average Bonchev–Trinajstić information content (AvgIpc) is 4.66. The van der Waals surface area contributed by atoms with Gasteiger partial charge in [0.15, 0.2) is 42.5 Å². The molecular formula is C64H123N26S+3. The van der Waals surface area contributed by atoms with E-state index in [-0.39, 0.29) is 0 Å². The van der Waals surface area contributed by atoms with Crippen molar-refractivity contribution in [3.8, 4) is 0 Å². The van der Waals surface area contributed by atoms with Crippen LogP contribution in [-0.2, 0) is 70.5 Å². The minimum Gasteiger partial charge on any atom is -0.357 e. The second-order valence-corrected chi connectivity index (χ2v) is 16.3. The second kappa shape index (κ2) is 75.2. The van der Waals surface area contributed by atoms with Crippen LogP contribution in [0.3, 0.4) is 0 Å². The minimum atomic E-state index is 0.711. The summed E-state index contributed by atoms with van der Waals surface area (Å²) in [5.74, 6) is 1.54. The Balaban J connectivity index is -0.000000136. The van der Waals surface area contributed by atoms with E-state index in [9.17, 15) is 0 Å². The maximum absolute atomic E-state index is 3.95. The Labute approximate surface area is 553 Å². The van der Waals surface area contributed by atoms with Crippen molar-refractivity contribution in [2.45, 2.75) is 159 Å². The molecule has 0 amide bonds. The van der Waals surface area contributed by atoms with Crippen LogP contribution >= 0.6 is 11.7 Å². The van der Waals surface area contributed by atoms with Crippen LogP contribution in [0.15, 0.2) is 148 Å². The lowest BCUT2D eigenvalue weighted by Crippen LogP contribution is -2.30. The van der Waals surface area contributed by atoms with Gasteiger partial charge in [0, 0.05) is 104 Å². The molecule has 0 atom stereocenters. The van der Waals surface area contributed by atoms with Crippen LogP contribution in [0.5, 0.6) is 0 Å². The van der Waals surface area contributed by atoms with Crippen molar-refractivity contribution < 1.29 is 13.7 Å². The van der Waals surface area contributed by atoms with Gasteiger partial charge in [-0.25, -0.2) is 23.4 Å². The van der Waals surface area contributed by atoms with E-state index in [1.54, 1.807) is 90.4 Å². The van der Waals surface area contributed by atoms with E-state index < -0.39 is 0 Å². The standard InChI is InChI=1S/3C7H10N.C5H7N.C4H6N2S.2C3H6N4.4C3H5N3.8C2H6/c1-7-3-5-8(2)6-4-7;1-7-4-3-5-8(2)6-7;1-7-5-3-4-6-8(7)2;1-6-4-2-3-5-6;1-3-4(2)6-7-5-3;1-3-4-5-6-7(3)2;1-3-4-6-7(2)5-3;1-6-2-4-5-3-6;1-6-3-4-2-5-6;1-6-3-2-4-5-6;1-6-4-2-3-5-6;8*1-2/h3*3-6H,1-2H3;2-5H,1H3;3*1-2H3;4*2-3H,1H3;8*1-2H3/q3*+1;;;;;;;;;;;;;;;;. The molecular weight excluding hydrogens is 1160 g/mol. The number of hydrogen-bond acceptors (Lipinski definition) is 17. The number of aryl methyl sites for hydroxylation is 17. The summed E-state index contributed by atoms with van der Waals surface area (Å²) in [4.78, 5) is 6.60. The van der Waals surface area contributed by atoms with E-state index in [4.69, 9.17) is 0 Å². The van der Waals surface area contributed by atoms with Gasteiger partial charge in [-0.15, -0.1) is 30.6 Å². The van der Waals surface area contributed by atoms with E-state index >= 15 is 0 Å². The lowest BCUT2D eigenvalue weighted by atomic mass is 10.3. The molecule has 0 aliphatic rings. The van der Waals surface area contributed by atoms with Crippen molar-refractivity contribution in [3.05, 3.63) is 188 Å². The predicted molar refractivity (Wildman–Crippen MR) is 374 cm³/mol. The molecule has 91 heavy (non-hydrogen) atoms. The summed E-state index contributed by atoms with van der Waals surface area (Å²) in [5.41, 5.74) is 5.99. The molecule has 0 bridgehead atoms. The SMILES string of the molecule is CC.CC.CC.CC.CC.CC.CC.CC.Cc1cc[n+](C)cc1.Cc1ccc[n+](C)c1.Cc1cccc[n+]1C.Cc1nnn(C)n1.Cc1nnnn1C.Cc1nsnc1C.Cn1cccc1.Cn1ccnn1.Cn1cncn1.Cn1cnnc1.Cn1nccn1. The van der Waals surface area contributed by atoms with Gasteiger partial charge >= 0.3 is 0 Å². The summed E-state index contributed by atoms with van der Waals surface area (Å²) in [6.45, 7) is 45.8. The first-order valence-electron chi connectivity index (χ1n) is 30.9. The van der Waals surface area contributed by atoms with Gasteiger partial charge in [0.2, 0.25) is 0 Å². The molecule has 0 fully saturated rings. The van der Waals surface area contributed by atoms with Gasteiger partial charge in [0.1, 0.15) is 52.3 Å². The molecule has 11 rings (SSSR count). The molecule has 0 unspecified atom stereocenters. The predicted octanol–water partition coefficient (Wildman–Crippen LogP) is 11.1. The molecule has 11 aromatic rings. The summed E-state index contributed by atoms with van der Waals surface area (Å²) >= 11 is 1.27. The molecule has 11 heterocycles. The number of pyridine rings is 3. The van der Waals surface area contributed by atoms with Crippen LogP contribution < -0.4 is 13.7 Å². The fourth-order valence-corrected chi connectivity index (χ4v) is 4.89. The molecule has 0 radical (unpaired) electrons. The molecule has 0 spiro atoms. The highest BCUT2D eigenvalue weighted by molar-refractivity contribution is 6.99. The van der Waals surface area contributed by atoms with Gasteiger partial charge in [-0.05, 0) is 80.9 Å². The summed E-state index contributed by atoms with van der Waals surface area (Å²) in [5, 5.41) is 46.9. The van der Waals surface area contributed by atoms with Crippen LogP contribution in [0.1, 0.15) is 151 Å². The van der Waals surface area contributed by atoms with Crippen LogP contribution in [0, 0.1) is 48.5 Å². The number of tetrazole rings is 2. The van der Waals surface area contributed by atoms with Gasteiger partial charge in [-0.1, -0.05) is 122 Å². The summed E-state index contributed by atoms with van der Waals surface area (Å²) in [6, 6.07) is 18.4. The third-order valence-electron chi connectivity index (χ3n) is 8.76. The molecule has 27 heteroatoms. The Morgan fingerprint density at radius 2 is 0.956 bits per heavy atom. The molecule has 512 valence electrons. The molecule has 26 nitrogen and oxygen atoms in total. The first-order valence-corrected chi connectivity index (χ1v) is 31.6. The van der Waals surface area contributed by atoms with E-state index in [2.05, 4.69) is 136 Å². The Morgan fingerprint density at radius 3 is 1.14 bits per heavy atom. The highest BCUT2D eigenvalue weighted by Gasteiger charge is 1.93. The van der Waals surface area contributed by atoms with Crippen molar-refractivity contribution in [2.24, 2.45) is 70.5 Å². The normalized spacial score (nSPS) is 8.05. The highest BCUT2D eigenvalue weighted by atomic mass is 32.1. The maximum atomic E-state index is 3.95. The molecule has 0 aliphatic heterocycles. The Bertz CT molecular complexity index is 2630. The summed E-state index contributed by atoms with van der Waals surface area (Å²) < 4.78 is 22.7. The van der Waals surface area contributed by atoms with E-state index in [0.717, 1.165) is 17.2 Å². The number of aromatic nitrogens is 26. The summed E-state index contributed by atoms with van der Waals surface area (Å²) in [6.07, 6.45) is 27.3. The Morgan fingerprint density at radius 1 is 0.429 bits per heavy atom. The number of rotatable bonds is 0. The fourth-order valence-electron chi connectivity index (χ4n) is 4.34. The van der Waals surface area contributed by atoms with Crippen molar-refractivity contribution in [1.29, 1.82) is 0 Å². The van der Waals surface area contributed by atoms with Gasteiger partial charge < -0.3 is 9.13 Å². The van der Waals surface area contributed by atoms with Gasteiger partial charge in [0.05, 0.1) is 48.8 Å². The first-order chi connectivity index (χ1) is 43.7. The Kier molecular flexibility index (Phi) is 81.2. The van der Waals surface area contributed by atoms with E-state index in [1.165, 1.54) is 44.5 Å². The zero-order valence-corrected chi connectivity index (χ0v) is 63.2. The quantitative estimate of drug-likeness (QED) is 0.128. The molecule has 0 saturated heterocycles. The van der Waals surface area contributed by atoms with Crippen LogP contribution in [0.4, 0.5) is 0 Å². The number of nitrogens with zero attached hydrogens (tertiary/aromatic N) is 26. The van der Waals surface area contributed by atoms with Crippen LogP contribution in [0.2, 0.25) is 0 Å². The zero-order valence-electron chi connectivity index (χ0n) is 62.4. The van der Waals surface area contributed by atoms with Crippen molar-refractivity contribution in [2.75, 3.05) is 0 Å². The van der Waals surface area contributed by atoms with Gasteiger partial charge in [-0.3, -0.25) is 9.36 Å². The first kappa shape index (κ1) is 98.2. The van der Waals surface area contributed by atoms with Gasteiger partial charge in [-0.2, -0.15) is 33.6 Å². The minimum absolute atomic E-state index is 0.711. The largest absolute Gasteiger partial charge is 0.357 e. The fraction of sp³-hybridized carbons (Fsp3) is 0.516. The molecule has 0 aromatic carbocycles. The lowest BCUT2D eigenvalue weighted by molar-refractivity contribution is -0.677. The Hall–Kier alpha value is -9.01. The summed E-state index contributed by atoms with van der Waals surface area (Å²) in [7, 11) is 18.9. The molecule has 0 saturated carbocycles. The topological polar surface area (TPSA) is 252 Å². The second-order valence-electron chi connectivity index (χ2n) is 15.8. The smallest absolute Gasteiger partial charge is 0.177 e. The van der Waals surface area contributed by atoms with Crippen LogP contribution in [-0.4, -0.2) is 113 Å². The van der Waals surface area contributed by atoms with Gasteiger partial charge in [0.25, 0.3) is 0 Å². The van der Waals surface area contributed by atoms with E-state index in [1.807, 2.05) is 262 Å². The van der Waals surface area contributed by atoms with Crippen molar-refractivity contribution >= 4 is 11.7 Å². The molecule has 0 N–H and O–H groups in total. The highest BCUT2D eigenvalue weighted by Crippen LogP contribution is 1.99. The maximum Gasteiger partial charge on any atom is 0.177 e. The monoisotopic (exact) mass is 1290 g/mol.